The average molecular weight is 577 g/mol. The van der Waals surface area contributed by atoms with Crippen molar-refractivity contribution in [1.82, 2.24) is 0 Å². The molecule has 0 unspecified atom stereocenters. The molecular formula is C23H17Cl4NO6S. The van der Waals surface area contributed by atoms with Crippen molar-refractivity contribution in [3.8, 4) is 5.75 Å². The summed E-state index contributed by atoms with van der Waals surface area (Å²) in [5.74, 6) is -1.07. The summed E-state index contributed by atoms with van der Waals surface area (Å²) in [6, 6.07) is 12.6. The molecule has 0 saturated carbocycles. The molecule has 0 fully saturated rings. The summed E-state index contributed by atoms with van der Waals surface area (Å²) in [6.45, 7) is 1.61. The van der Waals surface area contributed by atoms with Gasteiger partial charge in [-0.05, 0) is 61.5 Å². The molecule has 0 aliphatic heterocycles. The van der Waals surface area contributed by atoms with Crippen LogP contribution in [-0.4, -0.2) is 33.4 Å². The molecule has 0 heterocycles. The number of anilines is 1. The zero-order valence-corrected chi connectivity index (χ0v) is 21.8. The van der Waals surface area contributed by atoms with E-state index >= 15 is 0 Å². The van der Waals surface area contributed by atoms with E-state index in [1.54, 1.807) is 12.1 Å². The second-order valence-corrected chi connectivity index (χ2v) is 10.3. The number of ether oxygens (including phenoxy) is 2. The number of benzene rings is 3. The van der Waals surface area contributed by atoms with Gasteiger partial charge in [0.25, 0.3) is 10.0 Å². The van der Waals surface area contributed by atoms with E-state index in [1.807, 2.05) is 6.92 Å². The molecular weight excluding hydrogens is 560 g/mol. The van der Waals surface area contributed by atoms with Gasteiger partial charge in [0.15, 0.2) is 6.61 Å². The molecule has 0 aliphatic carbocycles. The van der Waals surface area contributed by atoms with Crippen molar-refractivity contribution in [3.05, 3.63) is 85.8 Å². The number of hydrogen-bond donors (Lipinski definition) is 1. The smallest absolute Gasteiger partial charge is 0.340 e. The molecule has 0 amide bonds. The van der Waals surface area contributed by atoms with Gasteiger partial charge in [0, 0.05) is 16.3 Å². The molecule has 0 atom stereocenters. The van der Waals surface area contributed by atoms with E-state index in [0.717, 1.165) is 12.1 Å². The second kappa shape index (κ2) is 11.5. The van der Waals surface area contributed by atoms with Gasteiger partial charge >= 0.3 is 5.97 Å². The lowest BCUT2D eigenvalue weighted by Crippen LogP contribution is -2.17. The first-order valence-electron chi connectivity index (χ1n) is 9.92. The maximum absolute atomic E-state index is 12.9. The van der Waals surface area contributed by atoms with E-state index in [-0.39, 0.29) is 36.9 Å². The van der Waals surface area contributed by atoms with Crippen molar-refractivity contribution in [2.75, 3.05) is 17.9 Å². The monoisotopic (exact) mass is 575 g/mol. The summed E-state index contributed by atoms with van der Waals surface area (Å²) in [5, 5.41) is 0.0356. The van der Waals surface area contributed by atoms with Gasteiger partial charge < -0.3 is 9.47 Å². The number of Topliss-reactive ketones (excluding diaryl/α,β-unsaturated/α-hetero) is 1. The third-order valence-corrected chi connectivity index (χ3v) is 7.24. The van der Waals surface area contributed by atoms with Crippen molar-refractivity contribution >= 4 is 73.9 Å². The molecule has 184 valence electrons. The van der Waals surface area contributed by atoms with E-state index in [1.165, 1.54) is 30.3 Å². The first-order chi connectivity index (χ1) is 16.5. The van der Waals surface area contributed by atoms with Crippen LogP contribution in [0.3, 0.4) is 0 Å². The molecule has 0 bridgehead atoms. The Bertz CT molecular complexity index is 1380. The number of carbonyl (C=O) groups excluding carboxylic acids is 2. The van der Waals surface area contributed by atoms with Crippen LogP contribution in [0.5, 0.6) is 5.75 Å². The zero-order chi connectivity index (χ0) is 25.8. The number of carbonyl (C=O) groups is 2. The number of esters is 1. The molecule has 0 saturated heterocycles. The fraction of sp³-hybridized carbons (Fsp3) is 0.130. The van der Waals surface area contributed by atoms with Crippen LogP contribution in [0.15, 0.2) is 59.5 Å². The highest BCUT2D eigenvalue weighted by Crippen LogP contribution is 2.31. The highest BCUT2D eigenvalue weighted by Gasteiger charge is 2.24. The normalized spacial score (nSPS) is 11.1. The lowest BCUT2D eigenvalue weighted by Gasteiger charge is -2.13. The Hall–Kier alpha value is -2.49. The molecule has 0 aromatic heterocycles. The number of hydrogen-bond acceptors (Lipinski definition) is 6. The summed E-state index contributed by atoms with van der Waals surface area (Å²) >= 11 is 24.1. The number of halogens is 4. The van der Waals surface area contributed by atoms with E-state index < -0.39 is 33.3 Å². The molecule has 1 N–H and O–H groups in total. The fourth-order valence-corrected chi connectivity index (χ4v) is 5.19. The standard InChI is InChI=1S/C23H17Cl4NO6S/c1-2-33-15-6-4-14(5-7-15)28-35(31,32)22-10-17(19(26)11-20(22)27)23(30)34-12-21(29)16-9-13(24)3-8-18(16)25/h3-11,28H,2,12H2,1H3. The summed E-state index contributed by atoms with van der Waals surface area (Å²) in [7, 11) is -4.21. The second-order valence-electron chi connectivity index (χ2n) is 6.95. The average Bonchev–Trinajstić information content (AvgIpc) is 2.80. The van der Waals surface area contributed by atoms with E-state index in [4.69, 9.17) is 55.9 Å². The minimum absolute atomic E-state index is 0.0667. The van der Waals surface area contributed by atoms with Gasteiger partial charge in [-0.3, -0.25) is 9.52 Å². The van der Waals surface area contributed by atoms with E-state index in [2.05, 4.69) is 4.72 Å². The van der Waals surface area contributed by atoms with Gasteiger partial charge in [0.05, 0.1) is 27.2 Å². The van der Waals surface area contributed by atoms with E-state index in [0.29, 0.717) is 12.4 Å². The molecule has 3 aromatic carbocycles. The number of nitrogens with one attached hydrogen (secondary N) is 1. The number of ketones is 1. The summed E-state index contributed by atoms with van der Waals surface area (Å²) in [5.41, 5.74) is 0.0118. The molecule has 0 aliphatic rings. The maximum Gasteiger partial charge on any atom is 0.340 e. The van der Waals surface area contributed by atoms with Gasteiger partial charge in [-0.1, -0.05) is 46.4 Å². The highest BCUT2D eigenvalue weighted by molar-refractivity contribution is 7.92. The van der Waals surface area contributed by atoms with Crippen LogP contribution in [0, 0.1) is 0 Å². The Morgan fingerprint density at radius 2 is 1.54 bits per heavy atom. The van der Waals surface area contributed by atoms with Crippen molar-refractivity contribution < 1.29 is 27.5 Å². The third-order valence-electron chi connectivity index (χ3n) is 4.51. The van der Waals surface area contributed by atoms with Crippen molar-refractivity contribution in [2.45, 2.75) is 11.8 Å². The fourth-order valence-electron chi connectivity index (χ4n) is 2.89. The van der Waals surface area contributed by atoms with Crippen LogP contribution >= 0.6 is 46.4 Å². The topological polar surface area (TPSA) is 98.8 Å². The molecule has 0 radical (unpaired) electrons. The third kappa shape index (κ3) is 6.80. The number of rotatable bonds is 9. The Balaban J connectivity index is 1.80. The SMILES string of the molecule is CCOc1ccc(NS(=O)(=O)c2cc(C(=O)OCC(=O)c3cc(Cl)ccc3Cl)c(Cl)cc2Cl)cc1. The minimum atomic E-state index is -4.21. The van der Waals surface area contributed by atoms with Crippen LogP contribution in [0.1, 0.15) is 27.6 Å². The van der Waals surface area contributed by atoms with Crippen molar-refractivity contribution in [3.63, 3.8) is 0 Å². The Morgan fingerprint density at radius 3 is 2.20 bits per heavy atom. The molecule has 12 heteroatoms. The van der Waals surface area contributed by atoms with Crippen molar-refractivity contribution in [2.24, 2.45) is 0 Å². The van der Waals surface area contributed by atoms with Gasteiger partial charge in [0.2, 0.25) is 5.78 Å². The highest BCUT2D eigenvalue weighted by atomic mass is 35.5. The largest absolute Gasteiger partial charge is 0.494 e. The number of sulfonamides is 1. The van der Waals surface area contributed by atoms with Crippen LogP contribution in [0.25, 0.3) is 0 Å². The summed E-state index contributed by atoms with van der Waals surface area (Å²) in [4.78, 5) is 24.6. The maximum atomic E-state index is 12.9. The predicted molar refractivity (Wildman–Crippen MR) is 136 cm³/mol. The minimum Gasteiger partial charge on any atom is -0.494 e. The van der Waals surface area contributed by atoms with E-state index in [9.17, 15) is 18.0 Å². The Labute approximate surface area is 221 Å². The summed E-state index contributed by atoms with van der Waals surface area (Å²) < 4.78 is 38.6. The quantitative estimate of drug-likeness (QED) is 0.229. The molecule has 3 rings (SSSR count). The van der Waals surface area contributed by atoms with Gasteiger partial charge in [-0.15, -0.1) is 0 Å². The summed E-state index contributed by atoms with van der Waals surface area (Å²) in [6.07, 6.45) is 0. The van der Waals surface area contributed by atoms with Crippen LogP contribution in [0.2, 0.25) is 20.1 Å². The molecule has 3 aromatic rings. The lowest BCUT2D eigenvalue weighted by molar-refractivity contribution is 0.0474. The van der Waals surface area contributed by atoms with Crippen LogP contribution in [0.4, 0.5) is 5.69 Å². The lowest BCUT2D eigenvalue weighted by atomic mass is 10.1. The van der Waals surface area contributed by atoms with Crippen LogP contribution < -0.4 is 9.46 Å². The first-order valence-corrected chi connectivity index (χ1v) is 12.9. The molecule has 0 spiro atoms. The molecule has 7 nitrogen and oxygen atoms in total. The van der Waals surface area contributed by atoms with Crippen LogP contribution in [-0.2, 0) is 14.8 Å². The van der Waals surface area contributed by atoms with Gasteiger partial charge in [-0.2, -0.15) is 0 Å². The van der Waals surface area contributed by atoms with Gasteiger partial charge in [0.1, 0.15) is 10.6 Å². The Kier molecular flexibility index (Phi) is 8.90. The first kappa shape index (κ1) is 27.1. The van der Waals surface area contributed by atoms with Crippen molar-refractivity contribution in [1.29, 1.82) is 0 Å². The van der Waals surface area contributed by atoms with Gasteiger partial charge in [-0.25, -0.2) is 13.2 Å². The molecule has 35 heavy (non-hydrogen) atoms. The zero-order valence-electron chi connectivity index (χ0n) is 18.0. The Morgan fingerprint density at radius 1 is 0.857 bits per heavy atom. The predicted octanol–water partition coefficient (Wildman–Crippen LogP) is 6.54.